The molecule has 0 aromatic rings. The number of nitrogens with zero attached hydrogens (tertiary/aromatic N) is 2. The van der Waals surface area contributed by atoms with Crippen LogP contribution < -0.4 is 0 Å². The third-order valence-electron chi connectivity index (χ3n) is 3.25. The average molecular weight is 260 g/mol. The fraction of sp³-hybridized carbons (Fsp3) is 1.00. The fourth-order valence-corrected chi connectivity index (χ4v) is 1.92. The lowest BCUT2D eigenvalue weighted by Gasteiger charge is -2.28. The molecular formula is C14H32N2O2. The Morgan fingerprint density at radius 1 is 0.833 bits per heavy atom. The first kappa shape index (κ1) is 17.8. The third-order valence-corrected chi connectivity index (χ3v) is 3.25. The van der Waals surface area contributed by atoms with E-state index in [1.54, 1.807) is 0 Å². The predicted molar refractivity (Wildman–Crippen MR) is 76.7 cm³/mol. The SMILES string of the molecule is CCN(CC)OCC(C)OCC(C)N(CC)CC. The van der Waals surface area contributed by atoms with Gasteiger partial charge in [0.05, 0.1) is 19.3 Å². The van der Waals surface area contributed by atoms with E-state index in [9.17, 15) is 0 Å². The van der Waals surface area contributed by atoms with Gasteiger partial charge in [-0.25, -0.2) is 0 Å². The molecular weight excluding hydrogens is 228 g/mol. The molecule has 0 aliphatic rings. The summed E-state index contributed by atoms with van der Waals surface area (Å²) in [4.78, 5) is 8.04. The molecule has 0 spiro atoms. The first-order chi connectivity index (χ1) is 8.58. The van der Waals surface area contributed by atoms with Gasteiger partial charge in [0.1, 0.15) is 0 Å². The van der Waals surface area contributed by atoms with Crippen molar-refractivity contribution in [2.75, 3.05) is 39.4 Å². The van der Waals surface area contributed by atoms with Gasteiger partial charge in [-0.15, -0.1) is 0 Å². The van der Waals surface area contributed by atoms with E-state index in [2.05, 4.69) is 46.4 Å². The normalized spacial score (nSPS) is 15.3. The first-order valence-electron chi connectivity index (χ1n) is 7.32. The van der Waals surface area contributed by atoms with E-state index in [-0.39, 0.29) is 6.10 Å². The maximum absolute atomic E-state index is 5.83. The summed E-state index contributed by atoms with van der Waals surface area (Å²) in [5.74, 6) is 0. The minimum atomic E-state index is 0.142. The van der Waals surface area contributed by atoms with Crippen LogP contribution in [0.15, 0.2) is 0 Å². The zero-order valence-corrected chi connectivity index (χ0v) is 13.1. The van der Waals surface area contributed by atoms with Gasteiger partial charge in [0.15, 0.2) is 0 Å². The molecule has 2 unspecified atom stereocenters. The van der Waals surface area contributed by atoms with Crippen LogP contribution >= 0.6 is 0 Å². The van der Waals surface area contributed by atoms with Gasteiger partial charge < -0.3 is 4.74 Å². The van der Waals surface area contributed by atoms with E-state index >= 15 is 0 Å². The van der Waals surface area contributed by atoms with E-state index in [1.165, 1.54) is 0 Å². The Bertz CT molecular complexity index is 183. The molecule has 0 heterocycles. The van der Waals surface area contributed by atoms with Crippen LogP contribution in [0.25, 0.3) is 0 Å². The number of hydrogen-bond acceptors (Lipinski definition) is 4. The molecule has 0 amide bonds. The maximum atomic E-state index is 5.83. The number of ether oxygens (including phenoxy) is 1. The molecule has 0 aliphatic heterocycles. The number of rotatable bonds is 11. The number of hydrogen-bond donors (Lipinski definition) is 0. The average Bonchev–Trinajstić information content (AvgIpc) is 2.39. The monoisotopic (exact) mass is 260 g/mol. The molecule has 0 aliphatic carbocycles. The highest BCUT2D eigenvalue weighted by molar-refractivity contribution is 4.64. The summed E-state index contributed by atoms with van der Waals surface area (Å²) >= 11 is 0. The molecule has 18 heavy (non-hydrogen) atoms. The zero-order chi connectivity index (χ0) is 14.0. The Balaban J connectivity index is 3.78. The molecule has 4 heteroatoms. The lowest BCUT2D eigenvalue weighted by molar-refractivity contribution is -0.179. The molecule has 4 nitrogen and oxygen atoms in total. The van der Waals surface area contributed by atoms with E-state index in [0.717, 1.165) is 32.8 Å². The molecule has 0 radical (unpaired) electrons. The second-order valence-electron chi connectivity index (χ2n) is 4.62. The highest BCUT2D eigenvalue weighted by Gasteiger charge is 2.12. The van der Waals surface area contributed by atoms with Crippen LogP contribution in [0.5, 0.6) is 0 Å². The van der Waals surface area contributed by atoms with Crippen molar-refractivity contribution in [1.82, 2.24) is 9.96 Å². The minimum Gasteiger partial charge on any atom is -0.374 e. The van der Waals surface area contributed by atoms with Crippen LogP contribution in [-0.4, -0.2) is 61.5 Å². The summed E-state index contributed by atoms with van der Waals surface area (Å²) in [5, 5.41) is 1.95. The molecule has 2 atom stereocenters. The van der Waals surface area contributed by atoms with Crippen molar-refractivity contribution < 1.29 is 9.57 Å². The Kier molecular flexibility index (Phi) is 10.6. The first-order valence-corrected chi connectivity index (χ1v) is 7.32. The number of hydroxylamine groups is 2. The lowest BCUT2D eigenvalue weighted by Crippen LogP contribution is -2.37. The van der Waals surface area contributed by atoms with E-state index in [0.29, 0.717) is 12.6 Å². The van der Waals surface area contributed by atoms with Crippen LogP contribution in [-0.2, 0) is 9.57 Å². The molecule has 110 valence electrons. The van der Waals surface area contributed by atoms with Crippen LogP contribution in [0.2, 0.25) is 0 Å². The molecule has 0 bridgehead atoms. The summed E-state index contributed by atoms with van der Waals surface area (Å²) in [6.45, 7) is 18.2. The smallest absolute Gasteiger partial charge is 0.0944 e. The van der Waals surface area contributed by atoms with Gasteiger partial charge in [0, 0.05) is 19.1 Å². The van der Waals surface area contributed by atoms with Crippen molar-refractivity contribution in [3.05, 3.63) is 0 Å². The predicted octanol–water partition coefficient (Wildman–Crippen LogP) is 2.40. The van der Waals surface area contributed by atoms with Gasteiger partial charge in [-0.2, -0.15) is 5.06 Å². The van der Waals surface area contributed by atoms with Crippen LogP contribution in [0.4, 0.5) is 0 Å². The lowest BCUT2D eigenvalue weighted by atomic mass is 10.3. The third kappa shape index (κ3) is 7.31. The van der Waals surface area contributed by atoms with Crippen LogP contribution in [0, 0.1) is 0 Å². The Hall–Kier alpha value is -0.160. The molecule has 0 saturated heterocycles. The molecule has 0 rings (SSSR count). The van der Waals surface area contributed by atoms with Crippen molar-refractivity contribution in [3.8, 4) is 0 Å². The summed E-state index contributed by atoms with van der Waals surface area (Å²) < 4.78 is 5.83. The Morgan fingerprint density at radius 3 is 1.83 bits per heavy atom. The quantitative estimate of drug-likeness (QED) is 0.533. The van der Waals surface area contributed by atoms with Crippen molar-refractivity contribution in [3.63, 3.8) is 0 Å². The summed E-state index contributed by atoms with van der Waals surface area (Å²) in [5.41, 5.74) is 0. The van der Waals surface area contributed by atoms with Gasteiger partial charge in [-0.3, -0.25) is 9.74 Å². The standard InChI is InChI=1S/C14H32N2O2/c1-7-15(8-2)13(5)11-17-14(6)12-18-16(9-3)10-4/h13-14H,7-12H2,1-6H3. The minimum absolute atomic E-state index is 0.142. The van der Waals surface area contributed by atoms with Crippen molar-refractivity contribution in [2.45, 2.75) is 53.7 Å². The molecule has 0 saturated carbocycles. The highest BCUT2D eigenvalue weighted by Crippen LogP contribution is 2.02. The second kappa shape index (κ2) is 10.7. The van der Waals surface area contributed by atoms with E-state index < -0.39 is 0 Å². The van der Waals surface area contributed by atoms with Gasteiger partial charge in [0.25, 0.3) is 0 Å². The summed E-state index contributed by atoms with van der Waals surface area (Å²) in [6.07, 6.45) is 0.142. The Morgan fingerprint density at radius 2 is 1.39 bits per heavy atom. The van der Waals surface area contributed by atoms with Crippen molar-refractivity contribution in [2.24, 2.45) is 0 Å². The molecule has 0 aromatic heterocycles. The molecule has 0 aromatic carbocycles. The largest absolute Gasteiger partial charge is 0.374 e. The molecule has 0 N–H and O–H groups in total. The van der Waals surface area contributed by atoms with Gasteiger partial charge in [-0.1, -0.05) is 27.7 Å². The Labute approximate surface area is 113 Å². The second-order valence-corrected chi connectivity index (χ2v) is 4.62. The van der Waals surface area contributed by atoms with E-state index in [4.69, 9.17) is 9.57 Å². The van der Waals surface area contributed by atoms with Crippen LogP contribution in [0.1, 0.15) is 41.5 Å². The van der Waals surface area contributed by atoms with Crippen molar-refractivity contribution >= 4 is 0 Å². The fourth-order valence-electron chi connectivity index (χ4n) is 1.92. The number of likely N-dealkylation sites (N-methyl/N-ethyl adjacent to an activating group) is 1. The summed E-state index contributed by atoms with van der Waals surface area (Å²) in [7, 11) is 0. The zero-order valence-electron chi connectivity index (χ0n) is 13.1. The topological polar surface area (TPSA) is 24.9 Å². The molecule has 0 fully saturated rings. The van der Waals surface area contributed by atoms with Gasteiger partial charge >= 0.3 is 0 Å². The van der Waals surface area contributed by atoms with Gasteiger partial charge in [0.2, 0.25) is 0 Å². The highest BCUT2D eigenvalue weighted by atomic mass is 16.7. The van der Waals surface area contributed by atoms with Gasteiger partial charge in [-0.05, 0) is 26.9 Å². The summed E-state index contributed by atoms with van der Waals surface area (Å²) in [6, 6.07) is 0.468. The maximum Gasteiger partial charge on any atom is 0.0944 e. The van der Waals surface area contributed by atoms with Crippen molar-refractivity contribution in [1.29, 1.82) is 0 Å². The van der Waals surface area contributed by atoms with E-state index in [1.807, 2.05) is 5.06 Å². The van der Waals surface area contributed by atoms with Crippen LogP contribution in [0.3, 0.4) is 0 Å².